The van der Waals surface area contributed by atoms with Crippen molar-refractivity contribution < 1.29 is 4.74 Å². The van der Waals surface area contributed by atoms with Gasteiger partial charge in [-0.2, -0.15) is 5.26 Å². The van der Waals surface area contributed by atoms with Crippen LogP contribution in [0, 0.1) is 18.3 Å². The van der Waals surface area contributed by atoms with Crippen LogP contribution in [-0.2, 0) is 4.74 Å². The van der Waals surface area contributed by atoms with Crippen LogP contribution in [0.5, 0.6) is 0 Å². The quantitative estimate of drug-likeness (QED) is 0.845. The molecule has 1 rings (SSSR count). The number of hydrogen-bond donors (Lipinski definition) is 1. The lowest BCUT2D eigenvalue weighted by molar-refractivity contribution is 0.0344. The molecule has 3 heteroatoms. The number of rotatable bonds is 4. The van der Waals surface area contributed by atoms with Crippen LogP contribution in [0.2, 0.25) is 0 Å². The molecule has 0 aliphatic heterocycles. The summed E-state index contributed by atoms with van der Waals surface area (Å²) in [4.78, 5) is 0. The number of nitrogens with zero attached hydrogens (tertiary/aromatic N) is 1. The Kier molecular flexibility index (Phi) is 3.92. The van der Waals surface area contributed by atoms with E-state index in [1.807, 2.05) is 39.0 Å². The molecular formula is C13H18N2O. The number of anilines is 1. The lowest BCUT2D eigenvalue weighted by Crippen LogP contribution is -2.32. The third-order valence-electron chi connectivity index (χ3n) is 2.62. The molecule has 0 bridgehead atoms. The summed E-state index contributed by atoms with van der Waals surface area (Å²) in [5.74, 6) is 0. The summed E-state index contributed by atoms with van der Waals surface area (Å²) in [6.45, 7) is 6.72. The van der Waals surface area contributed by atoms with Crippen LogP contribution in [-0.4, -0.2) is 19.3 Å². The maximum Gasteiger partial charge on any atom is 0.0994 e. The Morgan fingerprint density at radius 1 is 1.44 bits per heavy atom. The van der Waals surface area contributed by atoms with E-state index >= 15 is 0 Å². The number of nitrogens with one attached hydrogen (secondary N) is 1. The highest BCUT2D eigenvalue weighted by Gasteiger charge is 2.15. The third-order valence-corrected chi connectivity index (χ3v) is 2.62. The number of aryl methyl sites for hydroxylation is 1. The number of hydrogen-bond acceptors (Lipinski definition) is 3. The lowest BCUT2D eigenvalue weighted by atomic mass is 10.1. The SMILES string of the molecule is COC(C)(C)CNc1ccc(C#N)c(C)c1. The van der Waals surface area contributed by atoms with E-state index in [1.165, 1.54) is 0 Å². The smallest absolute Gasteiger partial charge is 0.0994 e. The molecule has 0 aliphatic carbocycles. The molecule has 0 atom stereocenters. The van der Waals surface area contributed by atoms with Crippen molar-refractivity contribution in [2.24, 2.45) is 0 Å². The van der Waals surface area contributed by atoms with Crippen LogP contribution in [0.25, 0.3) is 0 Å². The van der Waals surface area contributed by atoms with E-state index in [-0.39, 0.29) is 5.60 Å². The van der Waals surface area contributed by atoms with Crippen LogP contribution in [0.1, 0.15) is 25.0 Å². The predicted molar refractivity (Wildman–Crippen MR) is 65.5 cm³/mol. The maximum absolute atomic E-state index is 8.82. The van der Waals surface area contributed by atoms with E-state index in [0.29, 0.717) is 0 Å². The van der Waals surface area contributed by atoms with Crippen LogP contribution >= 0.6 is 0 Å². The summed E-state index contributed by atoms with van der Waals surface area (Å²) in [6.07, 6.45) is 0. The fourth-order valence-corrected chi connectivity index (χ4v) is 1.29. The fraction of sp³-hybridized carbons (Fsp3) is 0.462. The van der Waals surface area contributed by atoms with Gasteiger partial charge in [-0.1, -0.05) is 0 Å². The summed E-state index contributed by atoms with van der Waals surface area (Å²) >= 11 is 0. The molecule has 0 aromatic heterocycles. The summed E-state index contributed by atoms with van der Waals surface area (Å²) in [5, 5.41) is 12.1. The van der Waals surface area contributed by atoms with E-state index in [2.05, 4.69) is 11.4 Å². The van der Waals surface area contributed by atoms with Gasteiger partial charge in [0.25, 0.3) is 0 Å². The summed E-state index contributed by atoms with van der Waals surface area (Å²) in [6, 6.07) is 7.87. The first kappa shape index (κ1) is 12.5. The highest BCUT2D eigenvalue weighted by atomic mass is 16.5. The Morgan fingerprint density at radius 3 is 2.62 bits per heavy atom. The van der Waals surface area contributed by atoms with Gasteiger partial charge in [-0.15, -0.1) is 0 Å². The van der Waals surface area contributed by atoms with Crippen LogP contribution in [0.4, 0.5) is 5.69 Å². The highest BCUT2D eigenvalue weighted by Crippen LogP contribution is 2.16. The molecule has 1 aromatic carbocycles. The Morgan fingerprint density at radius 2 is 2.12 bits per heavy atom. The van der Waals surface area contributed by atoms with Gasteiger partial charge in [-0.3, -0.25) is 0 Å². The molecule has 0 saturated carbocycles. The van der Waals surface area contributed by atoms with Gasteiger partial charge in [0, 0.05) is 19.3 Å². The molecule has 86 valence electrons. The van der Waals surface area contributed by atoms with Crippen molar-refractivity contribution in [2.45, 2.75) is 26.4 Å². The van der Waals surface area contributed by atoms with E-state index in [1.54, 1.807) is 7.11 Å². The van der Waals surface area contributed by atoms with Gasteiger partial charge in [0.1, 0.15) is 0 Å². The molecular weight excluding hydrogens is 200 g/mol. The number of nitriles is 1. The highest BCUT2D eigenvalue weighted by molar-refractivity contribution is 5.51. The molecule has 0 spiro atoms. The molecule has 16 heavy (non-hydrogen) atoms. The van der Waals surface area contributed by atoms with Crippen molar-refractivity contribution in [3.05, 3.63) is 29.3 Å². The van der Waals surface area contributed by atoms with Gasteiger partial charge < -0.3 is 10.1 Å². The second kappa shape index (κ2) is 5.00. The monoisotopic (exact) mass is 218 g/mol. The molecule has 0 saturated heterocycles. The van der Waals surface area contributed by atoms with E-state index in [4.69, 9.17) is 10.00 Å². The average molecular weight is 218 g/mol. The van der Waals surface area contributed by atoms with Crippen molar-refractivity contribution >= 4 is 5.69 Å². The zero-order chi connectivity index (χ0) is 12.2. The Balaban J connectivity index is 2.70. The zero-order valence-electron chi connectivity index (χ0n) is 10.3. The first-order chi connectivity index (χ1) is 7.48. The summed E-state index contributed by atoms with van der Waals surface area (Å²) < 4.78 is 5.32. The van der Waals surface area contributed by atoms with Gasteiger partial charge >= 0.3 is 0 Å². The molecule has 0 aliphatic rings. The average Bonchev–Trinajstić information content (AvgIpc) is 2.27. The second-order valence-corrected chi connectivity index (χ2v) is 4.46. The normalized spacial score (nSPS) is 10.9. The van der Waals surface area contributed by atoms with Crippen molar-refractivity contribution in [1.29, 1.82) is 5.26 Å². The molecule has 0 radical (unpaired) electrons. The minimum absolute atomic E-state index is 0.193. The van der Waals surface area contributed by atoms with Crippen LogP contribution < -0.4 is 5.32 Å². The summed E-state index contributed by atoms with van der Waals surface area (Å²) in [5.41, 5.74) is 2.53. The van der Waals surface area contributed by atoms with Gasteiger partial charge in [0.2, 0.25) is 0 Å². The van der Waals surface area contributed by atoms with Crippen LogP contribution in [0.3, 0.4) is 0 Å². The Hall–Kier alpha value is -1.53. The zero-order valence-corrected chi connectivity index (χ0v) is 10.3. The predicted octanol–water partition coefficient (Wildman–Crippen LogP) is 2.70. The van der Waals surface area contributed by atoms with E-state index in [0.717, 1.165) is 23.4 Å². The first-order valence-electron chi connectivity index (χ1n) is 5.28. The van der Waals surface area contributed by atoms with Gasteiger partial charge in [-0.05, 0) is 44.5 Å². The third kappa shape index (κ3) is 3.25. The van der Waals surface area contributed by atoms with Crippen molar-refractivity contribution in [2.75, 3.05) is 19.0 Å². The van der Waals surface area contributed by atoms with Gasteiger partial charge in [0.15, 0.2) is 0 Å². The van der Waals surface area contributed by atoms with Gasteiger partial charge in [-0.25, -0.2) is 0 Å². The Labute approximate surface area is 97.0 Å². The maximum atomic E-state index is 8.82. The largest absolute Gasteiger partial charge is 0.382 e. The first-order valence-corrected chi connectivity index (χ1v) is 5.28. The number of methoxy groups -OCH3 is 1. The topological polar surface area (TPSA) is 45.0 Å². The Bertz CT molecular complexity index is 405. The molecule has 0 fully saturated rings. The number of ether oxygens (including phenoxy) is 1. The lowest BCUT2D eigenvalue weighted by Gasteiger charge is -2.23. The van der Waals surface area contributed by atoms with E-state index in [9.17, 15) is 0 Å². The second-order valence-electron chi connectivity index (χ2n) is 4.46. The van der Waals surface area contributed by atoms with Crippen molar-refractivity contribution in [3.63, 3.8) is 0 Å². The molecule has 0 amide bonds. The summed E-state index contributed by atoms with van der Waals surface area (Å²) in [7, 11) is 1.70. The molecule has 3 nitrogen and oxygen atoms in total. The van der Waals surface area contributed by atoms with Crippen molar-refractivity contribution in [3.8, 4) is 6.07 Å². The number of benzene rings is 1. The molecule has 0 unspecified atom stereocenters. The minimum atomic E-state index is -0.193. The molecule has 1 aromatic rings. The molecule has 1 N–H and O–H groups in total. The van der Waals surface area contributed by atoms with Crippen LogP contribution in [0.15, 0.2) is 18.2 Å². The van der Waals surface area contributed by atoms with Gasteiger partial charge in [0.05, 0.1) is 17.2 Å². The van der Waals surface area contributed by atoms with Crippen molar-refractivity contribution in [1.82, 2.24) is 0 Å². The fourth-order valence-electron chi connectivity index (χ4n) is 1.29. The standard InChI is InChI=1S/C13H18N2O/c1-10-7-12(6-5-11(10)8-14)15-9-13(2,3)16-4/h5-7,15H,9H2,1-4H3. The van der Waals surface area contributed by atoms with E-state index < -0.39 is 0 Å². The molecule has 0 heterocycles. The minimum Gasteiger partial charge on any atom is -0.382 e.